The fraction of sp³-hybridized carbons (Fsp3) is 0.125. The number of amides is 1. The quantitative estimate of drug-likeness (QED) is 0.712. The molecule has 1 heterocycles. The number of aryl methyl sites for hydroxylation is 1. The Morgan fingerprint density at radius 1 is 1.19 bits per heavy atom. The molecule has 1 aromatic heterocycles. The van der Waals surface area contributed by atoms with Crippen LogP contribution in [0.3, 0.4) is 0 Å². The van der Waals surface area contributed by atoms with Crippen molar-refractivity contribution in [1.82, 2.24) is 4.57 Å². The van der Waals surface area contributed by atoms with Gasteiger partial charge in [0, 0.05) is 12.1 Å². The highest BCUT2D eigenvalue weighted by Crippen LogP contribution is 2.15. The first kappa shape index (κ1) is 14.0. The summed E-state index contributed by atoms with van der Waals surface area (Å²) in [7, 11) is 1.92. The molecular formula is C16H13ClN2OS. The Balaban J connectivity index is 1.90. The minimum atomic E-state index is -0.153. The smallest absolute Gasteiger partial charge is 0.252 e. The first-order valence-electron chi connectivity index (χ1n) is 6.50. The number of thiazole rings is 1. The van der Waals surface area contributed by atoms with Gasteiger partial charge in [0.1, 0.15) is 0 Å². The molecule has 3 nitrogen and oxygen atoms in total. The first-order valence-corrected chi connectivity index (χ1v) is 7.69. The van der Waals surface area contributed by atoms with E-state index in [1.54, 1.807) is 12.1 Å². The molecule has 3 aromatic rings. The SMILES string of the molecule is Cn1c(=NC(=O)Cc2ccc(Cl)cc2)sc2ccccc21. The summed E-state index contributed by atoms with van der Waals surface area (Å²) in [5, 5.41) is 0.666. The highest BCUT2D eigenvalue weighted by atomic mass is 35.5. The van der Waals surface area contributed by atoms with Crippen LogP contribution in [0.4, 0.5) is 0 Å². The van der Waals surface area contributed by atoms with E-state index >= 15 is 0 Å². The molecule has 0 unspecified atom stereocenters. The van der Waals surface area contributed by atoms with Gasteiger partial charge in [-0.2, -0.15) is 4.99 Å². The summed E-state index contributed by atoms with van der Waals surface area (Å²) in [5.41, 5.74) is 2.00. The molecular weight excluding hydrogens is 304 g/mol. The van der Waals surface area contributed by atoms with Gasteiger partial charge in [0.15, 0.2) is 4.80 Å². The molecule has 5 heteroatoms. The van der Waals surface area contributed by atoms with Crippen LogP contribution in [0, 0.1) is 0 Å². The lowest BCUT2D eigenvalue weighted by Gasteiger charge is -1.97. The molecule has 2 aromatic carbocycles. The Hall–Kier alpha value is -1.91. The molecule has 0 radical (unpaired) electrons. The number of carbonyl (C=O) groups excluding carboxylic acids is 1. The van der Waals surface area contributed by atoms with Gasteiger partial charge in [-0.15, -0.1) is 0 Å². The van der Waals surface area contributed by atoms with E-state index in [4.69, 9.17) is 11.6 Å². The van der Waals surface area contributed by atoms with E-state index in [9.17, 15) is 4.79 Å². The van der Waals surface area contributed by atoms with Gasteiger partial charge in [0.05, 0.1) is 16.6 Å². The normalized spacial score (nSPS) is 12.0. The number of hydrogen-bond acceptors (Lipinski definition) is 2. The molecule has 0 aliphatic carbocycles. The average Bonchev–Trinajstić information content (AvgIpc) is 2.78. The molecule has 0 saturated heterocycles. The van der Waals surface area contributed by atoms with Crippen molar-refractivity contribution in [3.05, 3.63) is 63.9 Å². The van der Waals surface area contributed by atoms with Gasteiger partial charge in [-0.05, 0) is 29.8 Å². The van der Waals surface area contributed by atoms with Gasteiger partial charge >= 0.3 is 0 Å². The molecule has 0 bridgehead atoms. The predicted molar refractivity (Wildman–Crippen MR) is 86.5 cm³/mol. The minimum absolute atomic E-state index is 0.153. The third kappa shape index (κ3) is 3.06. The number of benzene rings is 2. The molecule has 0 aliphatic rings. The lowest BCUT2D eigenvalue weighted by atomic mass is 10.1. The molecule has 21 heavy (non-hydrogen) atoms. The van der Waals surface area contributed by atoms with Crippen LogP contribution in [0.15, 0.2) is 53.5 Å². The van der Waals surface area contributed by atoms with E-state index in [1.165, 1.54) is 11.3 Å². The number of fused-ring (bicyclic) bond motifs is 1. The second-order valence-electron chi connectivity index (χ2n) is 4.72. The molecule has 0 atom stereocenters. The van der Waals surface area contributed by atoms with Crippen LogP contribution < -0.4 is 4.80 Å². The Morgan fingerprint density at radius 3 is 2.62 bits per heavy atom. The highest BCUT2D eigenvalue weighted by molar-refractivity contribution is 7.16. The molecule has 0 aliphatic heterocycles. The van der Waals surface area contributed by atoms with Gasteiger partial charge in [-0.1, -0.05) is 47.2 Å². The Kier molecular flexibility index (Phi) is 3.90. The van der Waals surface area contributed by atoms with Crippen LogP contribution in [0.5, 0.6) is 0 Å². The van der Waals surface area contributed by atoms with Crippen LogP contribution in [0.25, 0.3) is 10.2 Å². The zero-order chi connectivity index (χ0) is 14.8. The van der Waals surface area contributed by atoms with Crippen molar-refractivity contribution in [2.75, 3.05) is 0 Å². The highest BCUT2D eigenvalue weighted by Gasteiger charge is 2.05. The molecule has 1 amide bonds. The van der Waals surface area contributed by atoms with Crippen LogP contribution in [0.1, 0.15) is 5.56 Å². The number of rotatable bonds is 2. The summed E-state index contributed by atoms with van der Waals surface area (Å²) >= 11 is 7.35. The van der Waals surface area contributed by atoms with E-state index in [-0.39, 0.29) is 12.3 Å². The fourth-order valence-corrected chi connectivity index (χ4v) is 3.27. The summed E-state index contributed by atoms with van der Waals surface area (Å²) in [5.74, 6) is -0.153. The molecule has 3 rings (SSSR count). The van der Waals surface area contributed by atoms with E-state index < -0.39 is 0 Å². The average molecular weight is 317 g/mol. The van der Waals surface area contributed by atoms with E-state index in [0.717, 1.165) is 20.6 Å². The van der Waals surface area contributed by atoms with Gasteiger partial charge in [0.2, 0.25) is 0 Å². The number of para-hydroxylation sites is 1. The van der Waals surface area contributed by atoms with Crippen molar-refractivity contribution in [1.29, 1.82) is 0 Å². The van der Waals surface area contributed by atoms with E-state index in [2.05, 4.69) is 4.99 Å². The Labute approximate surface area is 131 Å². The van der Waals surface area contributed by atoms with Gasteiger partial charge < -0.3 is 4.57 Å². The van der Waals surface area contributed by atoms with Gasteiger partial charge in [-0.25, -0.2) is 0 Å². The van der Waals surface area contributed by atoms with Crippen molar-refractivity contribution >= 4 is 39.1 Å². The number of carbonyl (C=O) groups is 1. The number of hydrogen-bond donors (Lipinski definition) is 0. The van der Waals surface area contributed by atoms with Gasteiger partial charge in [-0.3, -0.25) is 4.79 Å². The van der Waals surface area contributed by atoms with Crippen molar-refractivity contribution in [2.45, 2.75) is 6.42 Å². The zero-order valence-electron chi connectivity index (χ0n) is 11.4. The van der Waals surface area contributed by atoms with Crippen LogP contribution in [-0.2, 0) is 18.3 Å². The van der Waals surface area contributed by atoms with Crippen LogP contribution >= 0.6 is 22.9 Å². The number of aromatic nitrogens is 1. The van der Waals surface area contributed by atoms with Crippen molar-refractivity contribution in [3.63, 3.8) is 0 Å². The van der Waals surface area contributed by atoms with Gasteiger partial charge in [0.25, 0.3) is 5.91 Å². The lowest BCUT2D eigenvalue weighted by Crippen LogP contribution is -2.14. The molecule has 0 N–H and O–H groups in total. The largest absolute Gasteiger partial charge is 0.319 e. The summed E-state index contributed by atoms with van der Waals surface area (Å²) in [6, 6.07) is 15.3. The second kappa shape index (κ2) is 5.84. The first-order chi connectivity index (χ1) is 10.1. The lowest BCUT2D eigenvalue weighted by molar-refractivity contribution is -0.117. The third-order valence-corrected chi connectivity index (χ3v) is 4.57. The predicted octanol–water partition coefficient (Wildman–Crippen LogP) is 3.56. The summed E-state index contributed by atoms with van der Waals surface area (Å²) < 4.78 is 3.07. The van der Waals surface area contributed by atoms with Crippen LogP contribution in [0.2, 0.25) is 5.02 Å². The number of nitrogens with zero attached hydrogens (tertiary/aromatic N) is 2. The van der Waals surface area contributed by atoms with Crippen molar-refractivity contribution in [2.24, 2.45) is 12.0 Å². The maximum atomic E-state index is 12.1. The second-order valence-corrected chi connectivity index (χ2v) is 6.17. The van der Waals surface area contributed by atoms with Crippen LogP contribution in [-0.4, -0.2) is 10.5 Å². The molecule has 0 spiro atoms. The van der Waals surface area contributed by atoms with Crippen molar-refractivity contribution in [3.8, 4) is 0 Å². The molecule has 0 saturated carbocycles. The minimum Gasteiger partial charge on any atom is -0.319 e. The maximum Gasteiger partial charge on any atom is 0.252 e. The fourth-order valence-electron chi connectivity index (χ4n) is 2.11. The molecule has 106 valence electrons. The Morgan fingerprint density at radius 2 is 1.90 bits per heavy atom. The monoisotopic (exact) mass is 316 g/mol. The van der Waals surface area contributed by atoms with E-state index in [1.807, 2.05) is 48.0 Å². The third-order valence-electron chi connectivity index (χ3n) is 3.20. The molecule has 0 fully saturated rings. The Bertz CT molecular complexity index is 862. The van der Waals surface area contributed by atoms with E-state index in [0.29, 0.717) is 5.02 Å². The number of halogens is 1. The summed E-state index contributed by atoms with van der Waals surface area (Å²) in [6.07, 6.45) is 0.283. The summed E-state index contributed by atoms with van der Waals surface area (Å²) in [4.78, 5) is 17.0. The topological polar surface area (TPSA) is 34.4 Å². The zero-order valence-corrected chi connectivity index (χ0v) is 13.0. The maximum absolute atomic E-state index is 12.1. The standard InChI is InChI=1S/C16H13ClN2OS/c1-19-13-4-2-3-5-14(13)21-16(19)18-15(20)10-11-6-8-12(17)9-7-11/h2-9H,10H2,1H3. The summed E-state index contributed by atoms with van der Waals surface area (Å²) in [6.45, 7) is 0. The van der Waals surface area contributed by atoms with Crippen molar-refractivity contribution < 1.29 is 4.79 Å².